The van der Waals surface area contributed by atoms with Crippen LogP contribution < -0.4 is 5.32 Å². The van der Waals surface area contributed by atoms with Gasteiger partial charge in [0.15, 0.2) is 0 Å². The molecule has 0 spiro atoms. The van der Waals surface area contributed by atoms with E-state index in [4.69, 9.17) is 0 Å². The molecule has 2 unspecified atom stereocenters. The minimum absolute atomic E-state index is 0.241. The van der Waals surface area contributed by atoms with Crippen LogP contribution in [0.4, 0.5) is 0 Å². The summed E-state index contributed by atoms with van der Waals surface area (Å²) < 4.78 is 0.241. The number of fused-ring (bicyclic) bond motifs is 4. The highest BCUT2D eigenvalue weighted by Gasteiger charge is 2.79. The molecule has 96 valence electrons. The molecule has 7 atom stereocenters. The Kier molecular flexibility index (Phi) is 2.29. The second kappa shape index (κ2) is 3.32. The fourth-order valence-electron chi connectivity index (χ4n) is 5.58. The normalized spacial score (nSPS) is 62.8. The van der Waals surface area contributed by atoms with Crippen LogP contribution >= 0.6 is 31.9 Å². The zero-order valence-electron chi connectivity index (χ0n) is 10.5. The number of alkyl halides is 2. The van der Waals surface area contributed by atoms with Gasteiger partial charge in [-0.15, -0.1) is 0 Å². The summed E-state index contributed by atoms with van der Waals surface area (Å²) in [6.07, 6.45) is 4.34. The first-order valence-electron chi connectivity index (χ1n) is 7.07. The molecule has 4 rings (SSSR count). The number of hydrogen-bond acceptors (Lipinski definition) is 1. The van der Waals surface area contributed by atoms with E-state index in [1.807, 2.05) is 0 Å². The average molecular weight is 363 g/mol. The zero-order valence-corrected chi connectivity index (χ0v) is 13.7. The van der Waals surface area contributed by atoms with Gasteiger partial charge >= 0.3 is 0 Å². The second-order valence-corrected chi connectivity index (χ2v) is 10.8. The fraction of sp³-hybridized carbons (Fsp3) is 1.00. The number of hydrogen-bond donors (Lipinski definition) is 1. The molecule has 0 radical (unpaired) electrons. The molecule has 4 fully saturated rings. The van der Waals surface area contributed by atoms with Crippen molar-refractivity contribution in [3.8, 4) is 0 Å². The Labute approximate surface area is 121 Å². The second-order valence-electron chi connectivity index (χ2n) is 7.23. The van der Waals surface area contributed by atoms with E-state index in [9.17, 15) is 0 Å². The Morgan fingerprint density at radius 3 is 2.65 bits per heavy atom. The Hall–Kier alpha value is 0.920. The molecule has 0 aromatic heterocycles. The average Bonchev–Trinajstić information content (AvgIpc) is 2.73. The van der Waals surface area contributed by atoms with Gasteiger partial charge in [0.1, 0.15) is 0 Å². The van der Waals surface area contributed by atoms with Gasteiger partial charge in [0.05, 0.1) is 3.23 Å². The van der Waals surface area contributed by atoms with Crippen LogP contribution in [0.2, 0.25) is 0 Å². The Bertz CT molecular complexity index is 369. The van der Waals surface area contributed by atoms with Crippen LogP contribution in [0.1, 0.15) is 33.1 Å². The van der Waals surface area contributed by atoms with Crippen LogP contribution in [0.3, 0.4) is 0 Å². The lowest BCUT2D eigenvalue weighted by atomic mass is 9.58. The largest absolute Gasteiger partial charge is 0.313 e. The summed E-state index contributed by atoms with van der Waals surface area (Å²) in [5.41, 5.74) is 0.489. The molecule has 0 aromatic carbocycles. The van der Waals surface area contributed by atoms with E-state index in [1.54, 1.807) is 0 Å². The van der Waals surface area contributed by atoms with Gasteiger partial charge in [-0.2, -0.15) is 0 Å². The van der Waals surface area contributed by atoms with Gasteiger partial charge in [0, 0.05) is 11.5 Å². The lowest BCUT2D eigenvalue weighted by molar-refractivity contribution is 0.0000368. The summed E-state index contributed by atoms with van der Waals surface area (Å²) in [4.78, 5) is 0. The molecule has 0 aromatic rings. The predicted molar refractivity (Wildman–Crippen MR) is 77.5 cm³/mol. The fourth-order valence-corrected chi connectivity index (χ4v) is 8.13. The molecule has 1 N–H and O–H groups in total. The smallest absolute Gasteiger partial charge is 0.0902 e. The molecule has 0 amide bonds. The first-order chi connectivity index (χ1) is 7.96. The highest BCUT2D eigenvalue weighted by molar-refractivity contribution is 9.25. The first kappa shape index (κ1) is 11.7. The van der Waals surface area contributed by atoms with Crippen LogP contribution in [0, 0.1) is 35.0 Å². The van der Waals surface area contributed by atoms with Crippen molar-refractivity contribution in [2.75, 3.05) is 6.54 Å². The topological polar surface area (TPSA) is 12.0 Å². The molecule has 2 bridgehead atoms. The van der Waals surface area contributed by atoms with Crippen molar-refractivity contribution in [2.45, 2.75) is 42.4 Å². The van der Waals surface area contributed by atoms with E-state index < -0.39 is 0 Å². The van der Waals surface area contributed by atoms with Gasteiger partial charge in [0.2, 0.25) is 0 Å². The number of rotatable bonds is 0. The van der Waals surface area contributed by atoms with Crippen molar-refractivity contribution in [3.05, 3.63) is 0 Å². The molecule has 1 aliphatic heterocycles. The molecule has 4 aliphatic rings. The first-order valence-corrected chi connectivity index (χ1v) is 8.66. The van der Waals surface area contributed by atoms with Crippen LogP contribution in [0.25, 0.3) is 0 Å². The molecular formula is C14H21Br2N. The minimum Gasteiger partial charge on any atom is -0.313 e. The van der Waals surface area contributed by atoms with Crippen LogP contribution in [0.5, 0.6) is 0 Å². The molecular weight excluding hydrogens is 342 g/mol. The summed E-state index contributed by atoms with van der Waals surface area (Å²) in [7, 11) is 0. The molecule has 1 heterocycles. The molecule has 1 saturated heterocycles. The third-order valence-corrected chi connectivity index (χ3v) is 9.22. The number of nitrogens with one attached hydrogen (secondary N) is 1. The van der Waals surface area contributed by atoms with E-state index >= 15 is 0 Å². The lowest BCUT2D eigenvalue weighted by Gasteiger charge is -2.52. The summed E-state index contributed by atoms with van der Waals surface area (Å²) >= 11 is 8.01. The monoisotopic (exact) mass is 361 g/mol. The number of piperidine rings is 1. The molecule has 3 aliphatic carbocycles. The lowest BCUT2D eigenvalue weighted by Crippen LogP contribution is -2.56. The maximum Gasteiger partial charge on any atom is 0.0902 e. The van der Waals surface area contributed by atoms with Gasteiger partial charge in [0.25, 0.3) is 0 Å². The predicted octanol–water partition coefficient (Wildman–Crippen LogP) is 3.76. The van der Waals surface area contributed by atoms with Crippen LogP contribution in [-0.4, -0.2) is 15.8 Å². The van der Waals surface area contributed by atoms with Crippen molar-refractivity contribution in [1.82, 2.24) is 5.32 Å². The Morgan fingerprint density at radius 1 is 1.12 bits per heavy atom. The van der Waals surface area contributed by atoms with E-state index in [0.29, 0.717) is 5.41 Å². The highest BCUT2D eigenvalue weighted by atomic mass is 79.9. The van der Waals surface area contributed by atoms with E-state index in [1.165, 1.54) is 25.8 Å². The maximum absolute atomic E-state index is 4.01. The van der Waals surface area contributed by atoms with Gasteiger partial charge in [-0.05, 0) is 55.4 Å². The summed E-state index contributed by atoms with van der Waals surface area (Å²) in [5, 5.41) is 3.86. The zero-order chi connectivity index (χ0) is 12.0. The SMILES string of the molecule is C[C@H]1C[C@@H]2NC[C@H]3C[C@@H]2[C@@H](C1)C1C(Br)(Br)C13C. The number of halogens is 2. The third-order valence-electron chi connectivity index (χ3n) is 6.53. The van der Waals surface area contributed by atoms with E-state index in [0.717, 1.165) is 35.6 Å². The minimum atomic E-state index is 0.241. The van der Waals surface area contributed by atoms with Crippen molar-refractivity contribution in [2.24, 2.45) is 35.0 Å². The molecule has 17 heavy (non-hydrogen) atoms. The molecule has 1 nitrogen and oxygen atoms in total. The van der Waals surface area contributed by atoms with E-state index in [-0.39, 0.29) is 3.23 Å². The van der Waals surface area contributed by atoms with Gasteiger partial charge in [-0.25, -0.2) is 0 Å². The van der Waals surface area contributed by atoms with Gasteiger partial charge in [-0.3, -0.25) is 0 Å². The summed E-state index contributed by atoms with van der Waals surface area (Å²) in [6.45, 7) is 6.19. The third kappa shape index (κ3) is 1.25. The molecule has 3 heteroatoms. The maximum atomic E-state index is 4.01. The van der Waals surface area contributed by atoms with Crippen molar-refractivity contribution < 1.29 is 0 Å². The molecule has 3 saturated carbocycles. The standard InChI is InChI=1S/C14H21Br2N/c1-7-3-10-9-5-8(6-17-11(9)4-7)13(2)12(10)14(13,15)16/h7-12,17H,3-6H2,1-2H3/t7-,8-,9-,10-,11+,12?,13?/m1/s1. The quantitative estimate of drug-likeness (QED) is 0.647. The van der Waals surface area contributed by atoms with Gasteiger partial charge in [-0.1, -0.05) is 45.7 Å². The Balaban J connectivity index is 1.75. The van der Waals surface area contributed by atoms with Crippen LogP contribution in [-0.2, 0) is 0 Å². The van der Waals surface area contributed by atoms with Crippen molar-refractivity contribution in [3.63, 3.8) is 0 Å². The van der Waals surface area contributed by atoms with Crippen LogP contribution in [0.15, 0.2) is 0 Å². The van der Waals surface area contributed by atoms with Crippen molar-refractivity contribution in [1.29, 1.82) is 0 Å². The summed E-state index contributed by atoms with van der Waals surface area (Å²) in [5.74, 6) is 4.55. The Morgan fingerprint density at radius 2 is 1.88 bits per heavy atom. The van der Waals surface area contributed by atoms with E-state index in [2.05, 4.69) is 51.0 Å². The van der Waals surface area contributed by atoms with Gasteiger partial charge < -0.3 is 5.32 Å². The highest BCUT2D eigenvalue weighted by Crippen LogP contribution is 2.81. The summed E-state index contributed by atoms with van der Waals surface area (Å²) in [6, 6.07) is 0.820. The van der Waals surface area contributed by atoms with Crippen molar-refractivity contribution >= 4 is 31.9 Å².